The summed E-state index contributed by atoms with van der Waals surface area (Å²) in [6.07, 6.45) is 0. The minimum atomic E-state index is -1.08. The van der Waals surface area contributed by atoms with Gasteiger partial charge in [0.2, 0.25) is 5.13 Å². The fraction of sp³-hybridized carbons (Fsp3) is 0.143. The number of rotatable bonds is 9. The van der Waals surface area contributed by atoms with Gasteiger partial charge >= 0.3 is 5.91 Å². The number of carbonyl (C=O) groups is 2. The topological polar surface area (TPSA) is 136 Å². The van der Waals surface area contributed by atoms with Crippen molar-refractivity contribution in [3.63, 3.8) is 0 Å². The second kappa shape index (κ2) is 11.7. The van der Waals surface area contributed by atoms with Gasteiger partial charge in [-0.15, -0.1) is 10.2 Å². The highest BCUT2D eigenvalue weighted by atomic mass is 32.2. The van der Waals surface area contributed by atoms with Gasteiger partial charge < -0.3 is 9.84 Å². The lowest BCUT2D eigenvalue weighted by Gasteiger charge is -2.22. The molecule has 10 nitrogen and oxygen atoms in total. The molecule has 1 atom stereocenters. The Morgan fingerprint density at radius 1 is 1.05 bits per heavy atom. The van der Waals surface area contributed by atoms with Crippen LogP contribution in [-0.4, -0.2) is 38.5 Å². The van der Waals surface area contributed by atoms with E-state index >= 15 is 0 Å². The molecule has 5 rings (SSSR count). The van der Waals surface area contributed by atoms with Gasteiger partial charge in [-0.2, -0.15) is 0 Å². The van der Waals surface area contributed by atoms with Gasteiger partial charge in [-0.05, 0) is 54.4 Å². The molecule has 2 heterocycles. The van der Waals surface area contributed by atoms with Gasteiger partial charge in [-0.25, -0.2) is 0 Å². The second-order valence-corrected chi connectivity index (χ2v) is 10.8. The van der Waals surface area contributed by atoms with E-state index in [1.165, 1.54) is 40.9 Å². The van der Waals surface area contributed by atoms with E-state index < -0.39 is 22.7 Å². The Morgan fingerprint density at radius 2 is 1.75 bits per heavy atom. The molecule has 0 radical (unpaired) electrons. The quantitative estimate of drug-likeness (QED) is 0.0503. The van der Waals surface area contributed by atoms with Crippen molar-refractivity contribution in [2.75, 3.05) is 11.5 Å². The molecule has 0 spiro atoms. The van der Waals surface area contributed by atoms with Crippen LogP contribution in [0, 0.1) is 10.1 Å². The Labute approximate surface area is 237 Å². The number of Topliss-reactive ketones (excluding diaryl/α,β-unsaturated/α-hetero) is 1. The summed E-state index contributed by atoms with van der Waals surface area (Å²) in [6.45, 7) is 2.31. The van der Waals surface area contributed by atoms with Crippen molar-refractivity contribution in [3.05, 3.63) is 111 Å². The Balaban J connectivity index is 1.55. The number of thioether (sulfide) groups is 1. The monoisotopic (exact) mass is 574 g/mol. The number of nitrogens with zero attached hydrogens (tertiary/aromatic N) is 4. The Morgan fingerprint density at radius 3 is 2.40 bits per heavy atom. The van der Waals surface area contributed by atoms with Gasteiger partial charge in [0.1, 0.15) is 11.5 Å². The molecule has 1 aromatic heterocycles. The number of aliphatic hydroxyl groups excluding tert-OH is 1. The van der Waals surface area contributed by atoms with Crippen molar-refractivity contribution >= 4 is 51.4 Å². The number of ether oxygens (including phenoxy) is 1. The number of non-ortho nitro benzene ring substituents is 1. The molecule has 202 valence electrons. The van der Waals surface area contributed by atoms with Gasteiger partial charge in [0, 0.05) is 23.4 Å². The highest BCUT2D eigenvalue weighted by Crippen LogP contribution is 2.44. The molecule has 1 amide bonds. The number of benzene rings is 3. The summed E-state index contributed by atoms with van der Waals surface area (Å²) in [5.74, 6) is -0.941. The molecule has 0 saturated carbocycles. The van der Waals surface area contributed by atoms with Crippen LogP contribution in [0.25, 0.3) is 5.76 Å². The lowest BCUT2D eigenvalue weighted by molar-refractivity contribution is -0.384. The zero-order chi connectivity index (χ0) is 28.2. The summed E-state index contributed by atoms with van der Waals surface area (Å²) in [7, 11) is 0. The SMILES string of the molecule is CCOc1ccc(/C(O)=C2/C(=O)C(=O)N(c3nnc(SCc4ccccc4)s3)C2c2ccc([N+](=O)[O-])cc2)cc1. The molecule has 1 saturated heterocycles. The number of carbonyl (C=O) groups excluding carboxylic acids is 2. The highest BCUT2D eigenvalue weighted by molar-refractivity contribution is 8.00. The smallest absolute Gasteiger partial charge is 0.301 e. The predicted molar refractivity (Wildman–Crippen MR) is 151 cm³/mol. The largest absolute Gasteiger partial charge is 0.507 e. The number of hydrogen-bond donors (Lipinski definition) is 1. The molecule has 0 bridgehead atoms. The number of nitro benzene ring substituents is 1. The molecule has 4 aromatic rings. The highest BCUT2D eigenvalue weighted by Gasteiger charge is 2.48. The minimum absolute atomic E-state index is 0.150. The van der Waals surface area contributed by atoms with Crippen LogP contribution in [0.1, 0.15) is 29.7 Å². The fourth-order valence-corrected chi connectivity index (χ4v) is 6.06. The van der Waals surface area contributed by atoms with Crippen LogP contribution in [0.15, 0.2) is 88.8 Å². The van der Waals surface area contributed by atoms with Crippen molar-refractivity contribution in [3.8, 4) is 5.75 Å². The molecular weight excluding hydrogens is 552 g/mol. The zero-order valence-corrected chi connectivity index (χ0v) is 22.7. The van der Waals surface area contributed by atoms with E-state index in [1.807, 2.05) is 37.3 Å². The van der Waals surface area contributed by atoms with Crippen molar-refractivity contribution < 1.29 is 24.4 Å². The normalized spacial score (nSPS) is 16.3. The predicted octanol–water partition coefficient (Wildman–Crippen LogP) is 5.76. The first-order valence-corrected chi connectivity index (χ1v) is 14.0. The fourth-order valence-electron chi connectivity index (χ4n) is 4.23. The number of amides is 1. The molecule has 1 fully saturated rings. The van der Waals surface area contributed by atoms with Crippen LogP contribution in [0.5, 0.6) is 5.75 Å². The van der Waals surface area contributed by atoms with E-state index in [0.717, 1.165) is 16.9 Å². The molecule has 0 aliphatic carbocycles. The van der Waals surface area contributed by atoms with E-state index in [2.05, 4.69) is 10.2 Å². The zero-order valence-electron chi connectivity index (χ0n) is 21.1. The maximum atomic E-state index is 13.4. The van der Waals surface area contributed by atoms with Crippen LogP contribution in [-0.2, 0) is 15.3 Å². The van der Waals surface area contributed by atoms with Crippen LogP contribution >= 0.6 is 23.1 Å². The second-order valence-electron chi connectivity index (χ2n) is 8.60. The van der Waals surface area contributed by atoms with E-state index in [4.69, 9.17) is 4.74 Å². The van der Waals surface area contributed by atoms with Gasteiger partial charge in [-0.3, -0.25) is 24.6 Å². The lowest BCUT2D eigenvalue weighted by atomic mass is 9.95. The summed E-state index contributed by atoms with van der Waals surface area (Å²) >= 11 is 2.58. The molecule has 1 N–H and O–H groups in total. The van der Waals surface area contributed by atoms with E-state index in [0.29, 0.717) is 33.6 Å². The average Bonchev–Trinajstić information content (AvgIpc) is 3.54. The van der Waals surface area contributed by atoms with Crippen molar-refractivity contribution in [1.82, 2.24) is 10.2 Å². The molecule has 1 aliphatic heterocycles. The first-order chi connectivity index (χ1) is 19.4. The summed E-state index contributed by atoms with van der Waals surface area (Å²) < 4.78 is 6.04. The van der Waals surface area contributed by atoms with E-state index in [9.17, 15) is 24.8 Å². The standard InChI is InChI=1S/C28H22N4O6S2/c1-2-38-21-14-10-19(11-15-21)24(33)22-23(18-8-12-20(13-9-18)32(36)37)31(26(35)25(22)34)27-29-30-28(40-27)39-16-17-6-4-3-5-7-17/h3-15,23,33H,2,16H2,1H3/b24-22-. The summed E-state index contributed by atoms with van der Waals surface area (Å²) in [6, 6.07) is 20.7. The van der Waals surface area contributed by atoms with Gasteiger partial charge in [0.15, 0.2) is 4.34 Å². The van der Waals surface area contributed by atoms with Crippen molar-refractivity contribution in [2.45, 2.75) is 23.1 Å². The number of aliphatic hydroxyl groups is 1. The maximum absolute atomic E-state index is 13.4. The Bertz CT molecular complexity index is 1590. The van der Waals surface area contributed by atoms with Crippen molar-refractivity contribution in [2.24, 2.45) is 0 Å². The van der Waals surface area contributed by atoms with Gasteiger partial charge in [-0.1, -0.05) is 53.4 Å². The van der Waals surface area contributed by atoms with E-state index in [-0.39, 0.29) is 22.2 Å². The molecule has 3 aromatic carbocycles. The molecule has 1 unspecified atom stereocenters. The number of anilines is 1. The first-order valence-electron chi connectivity index (χ1n) is 12.2. The maximum Gasteiger partial charge on any atom is 0.301 e. The van der Waals surface area contributed by atoms with Gasteiger partial charge in [0.05, 0.1) is 23.1 Å². The Kier molecular flexibility index (Phi) is 7.89. The van der Waals surface area contributed by atoms with Crippen molar-refractivity contribution in [1.29, 1.82) is 0 Å². The third kappa shape index (κ3) is 5.44. The Hall–Kier alpha value is -4.55. The molecule has 40 heavy (non-hydrogen) atoms. The van der Waals surface area contributed by atoms with Gasteiger partial charge in [0.25, 0.3) is 11.5 Å². The summed E-state index contributed by atoms with van der Waals surface area (Å²) in [5.41, 5.74) is 1.49. The molecule has 12 heteroatoms. The number of aromatic nitrogens is 2. The lowest BCUT2D eigenvalue weighted by Crippen LogP contribution is -2.29. The van der Waals surface area contributed by atoms with Crippen LogP contribution in [0.2, 0.25) is 0 Å². The number of ketones is 1. The summed E-state index contributed by atoms with van der Waals surface area (Å²) in [4.78, 5) is 38.6. The van der Waals surface area contributed by atoms with E-state index in [1.54, 1.807) is 24.3 Å². The van der Waals surface area contributed by atoms with Crippen LogP contribution in [0.4, 0.5) is 10.8 Å². The number of hydrogen-bond acceptors (Lipinski definition) is 10. The third-order valence-electron chi connectivity index (χ3n) is 6.11. The minimum Gasteiger partial charge on any atom is -0.507 e. The molecule has 1 aliphatic rings. The number of nitro groups is 1. The first kappa shape index (κ1) is 27.0. The average molecular weight is 575 g/mol. The third-order valence-corrected chi connectivity index (χ3v) is 8.24. The van der Waals surface area contributed by atoms with Crippen LogP contribution < -0.4 is 9.64 Å². The molecular formula is C28H22N4O6S2. The summed E-state index contributed by atoms with van der Waals surface area (Å²) in [5, 5.41) is 31.1. The van der Waals surface area contributed by atoms with Crippen LogP contribution in [0.3, 0.4) is 0 Å².